The summed E-state index contributed by atoms with van der Waals surface area (Å²) in [5.41, 5.74) is 1.15. The van der Waals surface area contributed by atoms with Gasteiger partial charge in [0, 0.05) is 42.7 Å². The molecule has 4 N–H and O–H groups in total. The van der Waals surface area contributed by atoms with Gasteiger partial charge >= 0.3 is 0 Å². The van der Waals surface area contributed by atoms with Gasteiger partial charge in [0.25, 0.3) is 5.91 Å². The maximum atomic E-state index is 12.2. The molecule has 0 spiro atoms. The summed E-state index contributed by atoms with van der Waals surface area (Å²) in [5.74, 6) is -0.369. The van der Waals surface area contributed by atoms with Crippen LogP contribution in [0.5, 0.6) is 0 Å². The molecule has 1 saturated carbocycles. The van der Waals surface area contributed by atoms with Crippen LogP contribution in [0.2, 0.25) is 0 Å². The van der Waals surface area contributed by atoms with E-state index in [0.29, 0.717) is 24.3 Å². The third-order valence-electron chi connectivity index (χ3n) is 5.68. The van der Waals surface area contributed by atoms with Gasteiger partial charge in [-0.2, -0.15) is 0 Å². The summed E-state index contributed by atoms with van der Waals surface area (Å²) in [5, 5.41) is 11.6. The molecule has 1 aromatic rings. The lowest BCUT2D eigenvalue weighted by molar-refractivity contribution is -0.139. The monoisotopic (exact) mass is 443 g/mol. The molecule has 4 amide bonds. The molecule has 2 aliphatic rings. The van der Waals surface area contributed by atoms with E-state index < -0.39 is 0 Å². The zero-order chi connectivity index (χ0) is 22.9. The van der Waals surface area contributed by atoms with Gasteiger partial charge in [0.15, 0.2) is 0 Å². The molecule has 1 heterocycles. The Morgan fingerprint density at radius 2 is 1.81 bits per heavy atom. The highest BCUT2D eigenvalue weighted by Crippen LogP contribution is 2.30. The van der Waals surface area contributed by atoms with E-state index in [1.807, 2.05) is 0 Å². The van der Waals surface area contributed by atoms with Crippen molar-refractivity contribution >= 4 is 29.3 Å². The molecular formula is C23H33N5O4. The molecule has 1 aromatic carbocycles. The number of rotatable bonds is 11. The van der Waals surface area contributed by atoms with E-state index in [9.17, 15) is 19.2 Å². The molecule has 0 aromatic heterocycles. The highest BCUT2D eigenvalue weighted by atomic mass is 16.2. The number of hydrogen-bond donors (Lipinski definition) is 4. The largest absolute Gasteiger partial charge is 0.353 e. The summed E-state index contributed by atoms with van der Waals surface area (Å²) >= 11 is 0. The van der Waals surface area contributed by atoms with Crippen molar-refractivity contribution < 1.29 is 19.2 Å². The Balaban J connectivity index is 1.30. The van der Waals surface area contributed by atoms with E-state index in [2.05, 4.69) is 28.2 Å². The Morgan fingerprint density at radius 3 is 2.47 bits per heavy atom. The van der Waals surface area contributed by atoms with Crippen molar-refractivity contribution in [3.8, 4) is 0 Å². The number of nitrogens with zero attached hydrogens (tertiary/aromatic N) is 1. The third-order valence-corrected chi connectivity index (χ3v) is 5.68. The van der Waals surface area contributed by atoms with Crippen LogP contribution in [-0.4, -0.2) is 60.9 Å². The molecule has 9 heteroatoms. The van der Waals surface area contributed by atoms with Gasteiger partial charge in [0.2, 0.25) is 17.7 Å². The molecule has 1 saturated heterocycles. The van der Waals surface area contributed by atoms with Crippen LogP contribution < -0.4 is 21.3 Å². The number of unbranched alkanes of at least 4 members (excludes halogenated alkanes) is 1. The smallest absolute Gasteiger partial charge is 0.251 e. The maximum absolute atomic E-state index is 12.2. The minimum atomic E-state index is -0.257. The molecule has 1 aliphatic heterocycles. The minimum absolute atomic E-state index is 0.00825. The lowest BCUT2D eigenvalue weighted by atomic mass is 10.0. The topological polar surface area (TPSA) is 120 Å². The van der Waals surface area contributed by atoms with Gasteiger partial charge in [0.1, 0.15) is 6.54 Å². The van der Waals surface area contributed by atoms with Crippen molar-refractivity contribution in [2.75, 3.05) is 31.6 Å². The molecule has 1 atom stereocenters. The summed E-state index contributed by atoms with van der Waals surface area (Å²) in [6.45, 7) is 3.06. The van der Waals surface area contributed by atoms with E-state index in [0.717, 1.165) is 32.1 Å². The Kier molecular flexibility index (Phi) is 8.61. The first-order valence-corrected chi connectivity index (χ1v) is 11.4. The molecule has 9 nitrogen and oxygen atoms in total. The van der Waals surface area contributed by atoms with Gasteiger partial charge in [-0.15, -0.1) is 0 Å². The number of carbonyl (C=O) groups excluding carboxylic acids is 4. The zero-order valence-corrected chi connectivity index (χ0v) is 18.6. The number of amides is 4. The molecule has 1 unspecified atom stereocenters. The Morgan fingerprint density at radius 1 is 1.09 bits per heavy atom. The van der Waals surface area contributed by atoms with Gasteiger partial charge < -0.3 is 20.9 Å². The van der Waals surface area contributed by atoms with Crippen molar-refractivity contribution in [1.29, 1.82) is 0 Å². The summed E-state index contributed by atoms with van der Waals surface area (Å²) in [6.07, 6.45) is 5.45. The molecule has 0 radical (unpaired) electrons. The van der Waals surface area contributed by atoms with Crippen LogP contribution in [0.4, 0.5) is 5.69 Å². The van der Waals surface area contributed by atoms with Gasteiger partial charge in [-0.25, -0.2) is 0 Å². The first-order chi connectivity index (χ1) is 15.5. The highest BCUT2D eigenvalue weighted by Gasteiger charge is 2.29. The van der Waals surface area contributed by atoms with E-state index in [1.54, 1.807) is 24.3 Å². The van der Waals surface area contributed by atoms with E-state index in [-0.39, 0.29) is 55.2 Å². The number of hydrogen-bond acceptors (Lipinski definition) is 5. The SMILES string of the molecule is CCCCC1CC(=O)N(CC(=O)NCCNC(=O)c2ccc(NC(=O)C3CC3)cc2)CN1. The summed E-state index contributed by atoms with van der Waals surface area (Å²) < 4.78 is 0. The standard InChI is InChI=1S/C23H33N5O4/c1-2-3-4-19-13-21(30)28(15-26-19)14-20(29)24-11-12-25-22(31)16-7-9-18(10-8-16)27-23(32)17-5-6-17/h7-10,17,19,26H,2-6,11-15H2,1H3,(H,24,29)(H,25,31)(H,27,32). The predicted octanol–water partition coefficient (Wildman–Crippen LogP) is 1.22. The molecule has 1 aliphatic carbocycles. The lowest BCUT2D eigenvalue weighted by Gasteiger charge is -2.32. The van der Waals surface area contributed by atoms with Crippen LogP contribution in [-0.2, 0) is 14.4 Å². The Labute approximate surface area is 188 Å². The molecule has 174 valence electrons. The highest BCUT2D eigenvalue weighted by molar-refractivity contribution is 5.96. The fourth-order valence-electron chi connectivity index (χ4n) is 3.54. The summed E-state index contributed by atoms with van der Waals surface area (Å²) in [7, 11) is 0. The van der Waals surface area contributed by atoms with Crippen LogP contribution in [0, 0.1) is 5.92 Å². The lowest BCUT2D eigenvalue weighted by Crippen LogP contribution is -2.53. The van der Waals surface area contributed by atoms with Crippen LogP contribution in [0.1, 0.15) is 55.8 Å². The molecular weight excluding hydrogens is 410 g/mol. The Bertz CT molecular complexity index is 822. The fourth-order valence-corrected chi connectivity index (χ4v) is 3.54. The van der Waals surface area contributed by atoms with Crippen molar-refractivity contribution in [1.82, 2.24) is 20.9 Å². The molecule has 3 rings (SSSR count). The number of carbonyl (C=O) groups is 4. The number of benzene rings is 1. The van der Waals surface area contributed by atoms with Crippen LogP contribution in [0.15, 0.2) is 24.3 Å². The van der Waals surface area contributed by atoms with Gasteiger partial charge in [-0.3, -0.25) is 24.5 Å². The minimum Gasteiger partial charge on any atom is -0.353 e. The molecule has 2 fully saturated rings. The average molecular weight is 444 g/mol. The number of anilines is 1. The van der Waals surface area contributed by atoms with Crippen LogP contribution >= 0.6 is 0 Å². The summed E-state index contributed by atoms with van der Waals surface area (Å²) in [6, 6.07) is 6.90. The van der Waals surface area contributed by atoms with Crippen molar-refractivity contribution in [3.63, 3.8) is 0 Å². The van der Waals surface area contributed by atoms with Gasteiger partial charge in [-0.05, 0) is 43.5 Å². The van der Waals surface area contributed by atoms with Crippen molar-refractivity contribution in [2.45, 2.75) is 51.5 Å². The Hall–Kier alpha value is -2.94. The quantitative estimate of drug-likeness (QED) is 0.384. The van der Waals surface area contributed by atoms with E-state index in [4.69, 9.17) is 0 Å². The second-order valence-electron chi connectivity index (χ2n) is 8.44. The van der Waals surface area contributed by atoms with E-state index in [1.165, 1.54) is 4.90 Å². The number of nitrogens with one attached hydrogen (secondary N) is 4. The summed E-state index contributed by atoms with van der Waals surface area (Å²) in [4.78, 5) is 49.9. The van der Waals surface area contributed by atoms with Crippen LogP contribution in [0.25, 0.3) is 0 Å². The van der Waals surface area contributed by atoms with Crippen molar-refractivity contribution in [2.24, 2.45) is 5.92 Å². The second-order valence-corrected chi connectivity index (χ2v) is 8.44. The molecule has 0 bridgehead atoms. The first-order valence-electron chi connectivity index (χ1n) is 11.4. The normalized spacial score (nSPS) is 18.2. The second kappa shape index (κ2) is 11.6. The maximum Gasteiger partial charge on any atom is 0.251 e. The predicted molar refractivity (Wildman–Crippen MR) is 121 cm³/mol. The van der Waals surface area contributed by atoms with Crippen LogP contribution in [0.3, 0.4) is 0 Å². The fraction of sp³-hybridized carbons (Fsp3) is 0.565. The van der Waals surface area contributed by atoms with Gasteiger partial charge in [0.05, 0.1) is 6.67 Å². The van der Waals surface area contributed by atoms with E-state index >= 15 is 0 Å². The molecule has 32 heavy (non-hydrogen) atoms. The third kappa shape index (κ3) is 7.33. The average Bonchev–Trinajstić information content (AvgIpc) is 3.63. The zero-order valence-electron chi connectivity index (χ0n) is 18.6. The van der Waals surface area contributed by atoms with Gasteiger partial charge in [-0.1, -0.05) is 19.8 Å². The first kappa shape index (κ1) is 23.7. The van der Waals surface area contributed by atoms with Crippen molar-refractivity contribution in [3.05, 3.63) is 29.8 Å².